The predicted molar refractivity (Wildman–Crippen MR) is 96.4 cm³/mol. The second-order valence-corrected chi connectivity index (χ2v) is 5.77. The van der Waals surface area contributed by atoms with E-state index in [0.717, 1.165) is 5.56 Å². The summed E-state index contributed by atoms with van der Waals surface area (Å²) in [7, 11) is 0. The van der Waals surface area contributed by atoms with Crippen molar-refractivity contribution in [2.45, 2.75) is 13.8 Å². The first-order valence-electron chi connectivity index (χ1n) is 7.64. The molecule has 6 nitrogen and oxygen atoms in total. The zero-order chi connectivity index (χ0) is 18.3. The lowest BCUT2D eigenvalue weighted by Gasteiger charge is -2.34. The van der Waals surface area contributed by atoms with Crippen molar-refractivity contribution in [1.29, 1.82) is 0 Å². The predicted octanol–water partition coefficient (Wildman–Crippen LogP) is 2.26. The average molecular weight is 354 g/mol. The standard InChI is InChI=1S/C15H20ClN3O3.C2H4/c1-10-7-13(14(21)8-12(10)16)17-9-15(22)19-5-3-18(4-6-19)11(2)20;1-2/h7-8,17,21H,3-6,9H2,1-2H3;1-2H2. The van der Waals surface area contributed by atoms with Crippen LogP contribution in [0.2, 0.25) is 5.02 Å². The lowest BCUT2D eigenvalue weighted by Crippen LogP contribution is -2.51. The number of nitrogens with one attached hydrogen (secondary N) is 1. The van der Waals surface area contributed by atoms with Gasteiger partial charge >= 0.3 is 0 Å². The SMILES string of the molecule is C=C.CC(=O)N1CCN(C(=O)CNc2cc(C)c(Cl)cc2O)CC1. The lowest BCUT2D eigenvalue weighted by molar-refractivity contribution is -0.137. The van der Waals surface area contributed by atoms with E-state index in [9.17, 15) is 14.7 Å². The minimum absolute atomic E-state index is 0.0183. The van der Waals surface area contributed by atoms with Gasteiger partial charge < -0.3 is 20.2 Å². The maximum atomic E-state index is 12.2. The molecule has 0 aliphatic carbocycles. The first-order chi connectivity index (χ1) is 11.4. The molecule has 0 atom stereocenters. The smallest absolute Gasteiger partial charge is 0.241 e. The van der Waals surface area contributed by atoms with Gasteiger partial charge in [0.1, 0.15) is 5.75 Å². The van der Waals surface area contributed by atoms with Crippen LogP contribution in [-0.4, -0.2) is 59.4 Å². The molecule has 1 aliphatic heterocycles. The van der Waals surface area contributed by atoms with E-state index in [-0.39, 0.29) is 24.1 Å². The summed E-state index contributed by atoms with van der Waals surface area (Å²) in [6.07, 6.45) is 0. The van der Waals surface area contributed by atoms with Gasteiger partial charge in [0.15, 0.2) is 0 Å². The summed E-state index contributed by atoms with van der Waals surface area (Å²) in [6, 6.07) is 3.16. The Morgan fingerprint density at radius 3 is 2.29 bits per heavy atom. The minimum Gasteiger partial charge on any atom is -0.506 e. The highest BCUT2D eigenvalue weighted by molar-refractivity contribution is 6.31. The molecule has 2 rings (SSSR count). The number of benzene rings is 1. The average Bonchev–Trinajstić information content (AvgIpc) is 2.58. The summed E-state index contributed by atoms with van der Waals surface area (Å²) in [5, 5.41) is 13.2. The van der Waals surface area contributed by atoms with Crippen LogP contribution in [0.25, 0.3) is 0 Å². The molecule has 1 aromatic carbocycles. The van der Waals surface area contributed by atoms with E-state index in [1.54, 1.807) is 15.9 Å². The maximum absolute atomic E-state index is 12.2. The lowest BCUT2D eigenvalue weighted by atomic mass is 10.2. The number of carbonyl (C=O) groups is 2. The van der Waals surface area contributed by atoms with Crippen molar-refractivity contribution in [3.63, 3.8) is 0 Å². The van der Waals surface area contributed by atoms with Gasteiger partial charge in [0, 0.05) is 44.2 Å². The van der Waals surface area contributed by atoms with Crippen LogP contribution in [0.4, 0.5) is 5.69 Å². The number of aromatic hydroxyl groups is 1. The Balaban J connectivity index is 0.00000139. The number of phenolic OH excluding ortho intramolecular Hbond substituents is 1. The van der Waals surface area contributed by atoms with Crippen molar-refractivity contribution in [3.8, 4) is 5.75 Å². The second kappa shape index (κ2) is 9.17. The van der Waals surface area contributed by atoms with Crippen LogP contribution in [0.15, 0.2) is 25.3 Å². The van der Waals surface area contributed by atoms with Crippen LogP contribution in [0.3, 0.4) is 0 Å². The Morgan fingerprint density at radius 2 is 1.75 bits per heavy atom. The molecule has 1 aliphatic rings. The van der Waals surface area contributed by atoms with Crippen LogP contribution in [0, 0.1) is 6.92 Å². The highest BCUT2D eigenvalue weighted by Crippen LogP contribution is 2.29. The van der Waals surface area contributed by atoms with Gasteiger partial charge in [-0.1, -0.05) is 11.6 Å². The van der Waals surface area contributed by atoms with Crippen LogP contribution in [-0.2, 0) is 9.59 Å². The monoisotopic (exact) mass is 353 g/mol. The van der Waals surface area contributed by atoms with E-state index < -0.39 is 0 Å². The van der Waals surface area contributed by atoms with E-state index in [0.29, 0.717) is 36.9 Å². The third-order valence-electron chi connectivity index (χ3n) is 3.78. The highest BCUT2D eigenvalue weighted by atomic mass is 35.5. The molecule has 0 bridgehead atoms. The largest absolute Gasteiger partial charge is 0.506 e. The normalized spacial score (nSPS) is 13.8. The molecule has 0 spiro atoms. The molecule has 2 amide bonds. The first kappa shape index (κ1) is 19.8. The molecule has 7 heteroatoms. The van der Waals surface area contributed by atoms with E-state index >= 15 is 0 Å². The third-order valence-corrected chi connectivity index (χ3v) is 4.19. The number of hydrogen-bond acceptors (Lipinski definition) is 4. The molecule has 1 fully saturated rings. The molecule has 1 heterocycles. The molecule has 0 aromatic heterocycles. The molecule has 24 heavy (non-hydrogen) atoms. The van der Waals surface area contributed by atoms with Crippen LogP contribution >= 0.6 is 11.6 Å². The third kappa shape index (κ3) is 5.16. The molecule has 132 valence electrons. The van der Waals surface area contributed by atoms with Gasteiger partial charge in [-0.05, 0) is 18.6 Å². The fraction of sp³-hybridized carbons (Fsp3) is 0.412. The van der Waals surface area contributed by atoms with Crippen LogP contribution in [0.1, 0.15) is 12.5 Å². The zero-order valence-electron chi connectivity index (χ0n) is 14.1. The number of carbonyl (C=O) groups excluding carboxylic acids is 2. The number of halogens is 1. The van der Waals surface area contributed by atoms with Crippen molar-refractivity contribution >= 4 is 29.1 Å². The Kier molecular flexibility index (Phi) is 7.58. The Bertz CT molecular complexity index is 599. The van der Waals surface area contributed by atoms with Crippen molar-refractivity contribution in [2.75, 3.05) is 38.0 Å². The number of piperazine rings is 1. The summed E-state index contributed by atoms with van der Waals surface area (Å²) in [5.74, 6) is -0.00760. The fourth-order valence-corrected chi connectivity index (χ4v) is 2.52. The molecule has 0 unspecified atom stereocenters. The van der Waals surface area contributed by atoms with Crippen LogP contribution < -0.4 is 5.32 Å². The van der Waals surface area contributed by atoms with Gasteiger partial charge in [0.25, 0.3) is 0 Å². The van der Waals surface area contributed by atoms with Gasteiger partial charge in [0.2, 0.25) is 11.8 Å². The molecular weight excluding hydrogens is 330 g/mol. The number of aryl methyl sites for hydroxylation is 1. The number of anilines is 1. The van der Waals surface area contributed by atoms with Crippen molar-refractivity contribution in [3.05, 3.63) is 35.9 Å². The van der Waals surface area contributed by atoms with Crippen LogP contribution in [0.5, 0.6) is 5.75 Å². The van der Waals surface area contributed by atoms with Crippen molar-refractivity contribution < 1.29 is 14.7 Å². The molecular formula is C17H24ClN3O3. The summed E-state index contributed by atoms with van der Waals surface area (Å²) in [4.78, 5) is 26.9. The van der Waals surface area contributed by atoms with Gasteiger partial charge in [-0.25, -0.2) is 0 Å². The number of hydrogen-bond donors (Lipinski definition) is 2. The van der Waals surface area contributed by atoms with E-state index in [2.05, 4.69) is 18.5 Å². The van der Waals surface area contributed by atoms with E-state index in [1.807, 2.05) is 6.92 Å². The molecule has 1 saturated heterocycles. The van der Waals surface area contributed by atoms with E-state index in [1.165, 1.54) is 13.0 Å². The van der Waals surface area contributed by atoms with E-state index in [4.69, 9.17) is 11.6 Å². The number of amides is 2. The van der Waals surface area contributed by atoms with Crippen molar-refractivity contribution in [2.24, 2.45) is 0 Å². The molecule has 0 saturated carbocycles. The number of phenols is 1. The molecule has 2 N–H and O–H groups in total. The topological polar surface area (TPSA) is 72.9 Å². The maximum Gasteiger partial charge on any atom is 0.241 e. The summed E-state index contributed by atoms with van der Waals surface area (Å²) in [6.45, 7) is 11.6. The number of rotatable bonds is 3. The summed E-state index contributed by atoms with van der Waals surface area (Å²) < 4.78 is 0. The quantitative estimate of drug-likeness (QED) is 0.645. The van der Waals surface area contributed by atoms with Gasteiger partial charge in [-0.15, -0.1) is 13.2 Å². The molecule has 0 radical (unpaired) electrons. The summed E-state index contributed by atoms with van der Waals surface area (Å²) in [5.41, 5.74) is 1.31. The van der Waals surface area contributed by atoms with Gasteiger partial charge in [-0.3, -0.25) is 9.59 Å². The highest BCUT2D eigenvalue weighted by Gasteiger charge is 2.22. The van der Waals surface area contributed by atoms with Gasteiger partial charge in [0.05, 0.1) is 12.2 Å². The molecule has 1 aromatic rings. The first-order valence-corrected chi connectivity index (χ1v) is 8.02. The second-order valence-electron chi connectivity index (χ2n) is 5.36. The fourth-order valence-electron chi connectivity index (χ4n) is 2.37. The Morgan fingerprint density at radius 1 is 1.21 bits per heavy atom. The number of nitrogens with zero attached hydrogens (tertiary/aromatic N) is 2. The Hall–Kier alpha value is -2.21. The minimum atomic E-state index is -0.0600. The summed E-state index contributed by atoms with van der Waals surface area (Å²) >= 11 is 5.91. The van der Waals surface area contributed by atoms with Crippen molar-refractivity contribution in [1.82, 2.24) is 9.80 Å². The zero-order valence-corrected chi connectivity index (χ0v) is 14.9. The van der Waals surface area contributed by atoms with Gasteiger partial charge in [-0.2, -0.15) is 0 Å². The Labute approximate surface area is 147 Å².